The van der Waals surface area contributed by atoms with Crippen LogP contribution in [-0.2, 0) is 0 Å². The van der Waals surface area contributed by atoms with E-state index in [-0.39, 0.29) is 5.92 Å². The molecular formula is C12H15N3O2. The first kappa shape index (κ1) is 11.6. The van der Waals surface area contributed by atoms with Crippen molar-refractivity contribution in [2.45, 2.75) is 26.7 Å². The van der Waals surface area contributed by atoms with E-state index in [1.807, 2.05) is 26.8 Å². The summed E-state index contributed by atoms with van der Waals surface area (Å²) >= 11 is 0. The molecule has 2 aromatic rings. The Kier molecular flexibility index (Phi) is 3.08. The minimum absolute atomic E-state index is 0.219. The monoisotopic (exact) mass is 233 g/mol. The summed E-state index contributed by atoms with van der Waals surface area (Å²) in [7, 11) is 1.61. The molecule has 0 aromatic carbocycles. The molecule has 2 rings (SSSR count). The molecule has 0 radical (unpaired) electrons. The number of rotatable bonds is 3. The Morgan fingerprint density at radius 3 is 2.65 bits per heavy atom. The van der Waals surface area contributed by atoms with Gasteiger partial charge in [0, 0.05) is 12.1 Å². The van der Waals surface area contributed by atoms with Crippen molar-refractivity contribution >= 4 is 0 Å². The molecule has 17 heavy (non-hydrogen) atoms. The number of aryl methyl sites for hydroxylation is 1. The maximum absolute atomic E-state index is 5.55. The SMILES string of the molecule is COc1cc(-c2nnc(C(C)C)o2)cnc1C. The number of pyridine rings is 1. The molecule has 0 saturated heterocycles. The van der Waals surface area contributed by atoms with Gasteiger partial charge in [0.1, 0.15) is 5.75 Å². The summed E-state index contributed by atoms with van der Waals surface area (Å²) in [5.74, 6) is 2.03. The highest BCUT2D eigenvalue weighted by Gasteiger charge is 2.13. The Morgan fingerprint density at radius 1 is 1.29 bits per heavy atom. The zero-order chi connectivity index (χ0) is 12.4. The second-order valence-electron chi connectivity index (χ2n) is 4.11. The molecule has 0 fully saturated rings. The largest absolute Gasteiger partial charge is 0.495 e. The van der Waals surface area contributed by atoms with Crippen LogP contribution in [0.1, 0.15) is 31.4 Å². The van der Waals surface area contributed by atoms with Gasteiger partial charge in [0.2, 0.25) is 11.8 Å². The maximum Gasteiger partial charge on any atom is 0.249 e. The summed E-state index contributed by atoms with van der Waals surface area (Å²) < 4.78 is 10.8. The second-order valence-corrected chi connectivity index (χ2v) is 4.11. The molecule has 2 aromatic heterocycles. The fourth-order valence-electron chi connectivity index (χ4n) is 1.42. The van der Waals surface area contributed by atoms with Gasteiger partial charge in [0.15, 0.2) is 0 Å². The van der Waals surface area contributed by atoms with Crippen LogP contribution in [0, 0.1) is 6.92 Å². The molecule has 0 N–H and O–H groups in total. The molecule has 0 unspecified atom stereocenters. The van der Waals surface area contributed by atoms with Gasteiger partial charge < -0.3 is 9.15 Å². The van der Waals surface area contributed by atoms with Gasteiger partial charge in [-0.05, 0) is 13.0 Å². The third kappa shape index (κ3) is 2.27. The van der Waals surface area contributed by atoms with E-state index in [9.17, 15) is 0 Å². The predicted octanol–water partition coefficient (Wildman–Crippen LogP) is 2.57. The highest BCUT2D eigenvalue weighted by atomic mass is 16.5. The average Bonchev–Trinajstić information content (AvgIpc) is 2.79. The van der Waals surface area contributed by atoms with Gasteiger partial charge in [-0.2, -0.15) is 0 Å². The van der Waals surface area contributed by atoms with Crippen molar-refractivity contribution in [1.29, 1.82) is 0 Å². The van der Waals surface area contributed by atoms with Crippen LogP contribution in [0.2, 0.25) is 0 Å². The lowest BCUT2D eigenvalue weighted by molar-refractivity contribution is 0.409. The number of nitrogens with zero attached hydrogens (tertiary/aromatic N) is 3. The summed E-state index contributed by atoms with van der Waals surface area (Å²) in [4.78, 5) is 4.23. The third-order valence-electron chi connectivity index (χ3n) is 2.44. The van der Waals surface area contributed by atoms with E-state index in [2.05, 4.69) is 15.2 Å². The van der Waals surface area contributed by atoms with E-state index in [1.165, 1.54) is 0 Å². The molecule has 0 bridgehead atoms. The first-order valence-electron chi connectivity index (χ1n) is 5.46. The Morgan fingerprint density at radius 2 is 2.06 bits per heavy atom. The first-order chi connectivity index (χ1) is 8.11. The van der Waals surface area contributed by atoms with Crippen molar-refractivity contribution in [2.24, 2.45) is 0 Å². The van der Waals surface area contributed by atoms with Crippen LogP contribution < -0.4 is 4.74 Å². The van der Waals surface area contributed by atoms with Crippen molar-refractivity contribution in [3.63, 3.8) is 0 Å². The van der Waals surface area contributed by atoms with Gasteiger partial charge in [-0.15, -0.1) is 10.2 Å². The summed E-state index contributed by atoms with van der Waals surface area (Å²) in [6.45, 7) is 5.90. The van der Waals surface area contributed by atoms with E-state index >= 15 is 0 Å². The van der Waals surface area contributed by atoms with E-state index in [0.717, 1.165) is 11.3 Å². The van der Waals surface area contributed by atoms with Gasteiger partial charge in [-0.3, -0.25) is 4.98 Å². The Hall–Kier alpha value is -1.91. The van der Waals surface area contributed by atoms with Gasteiger partial charge >= 0.3 is 0 Å². The van der Waals surface area contributed by atoms with Crippen molar-refractivity contribution in [3.8, 4) is 17.2 Å². The maximum atomic E-state index is 5.55. The summed E-state index contributed by atoms with van der Waals surface area (Å²) in [6.07, 6.45) is 1.70. The summed E-state index contributed by atoms with van der Waals surface area (Å²) in [5, 5.41) is 7.99. The fourth-order valence-corrected chi connectivity index (χ4v) is 1.42. The molecule has 0 aliphatic carbocycles. The van der Waals surface area contributed by atoms with Crippen LogP contribution in [0.25, 0.3) is 11.5 Å². The van der Waals surface area contributed by atoms with Crippen LogP contribution >= 0.6 is 0 Å². The van der Waals surface area contributed by atoms with E-state index in [1.54, 1.807) is 13.3 Å². The molecule has 0 aliphatic heterocycles. The minimum Gasteiger partial charge on any atom is -0.495 e. The third-order valence-corrected chi connectivity index (χ3v) is 2.44. The molecule has 2 heterocycles. The molecule has 0 saturated carbocycles. The zero-order valence-electron chi connectivity index (χ0n) is 10.4. The smallest absolute Gasteiger partial charge is 0.249 e. The summed E-state index contributed by atoms with van der Waals surface area (Å²) in [6, 6.07) is 1.85. The van der Waals surface area contributed by atoms with Gasteiger partial charge in [-0.1, -0.05) is 13.8 Å². The van der Waals surface area contributed by atoms with E-state index < -0.39 is 0 Å². The van der Waals surface area contributed by atoms with Crippen molar-refractivity contribution in [2.75, 3.05) is 7.11 Å². The Bertz CT molecular complexity index is 520. The van der Waals surface area contributed by atoms with Crippen LogP contribution in [-0.4, -0.2) is 22.3 Å². The van der Waals surface area contributed by atoms with Crippen LogP contribution in [0.5, 0.6) is 5.75 Å². The molecule has 0 aliphatic rings. The number of ether oxygens (including phenoxy) is 1. The predicted molar refractivity (Wildman–Crippen MR) is 62.9 cm³/mol. The quantitative estimate of drug-likeness (QED) is 0.815. The lowest BCUT2D eigenvalue weighted by atomic mass is 10.2. The van der Waals surface area contributed by atoms with Crippen LogP contribution in [0.15, 0.2) is 16.7 Å². The standard InChI is InChI=1S/C12H15N3O2/c1-7(2)11-14-15-12(17-11)9-5-10(16-4)8(3)13-6-9/h5-7H,1-4H3. The lowest BCUT2D eigenvalue weighted by Gasteiger charge is -2.04. The van der Waals surface area contributed by atoms with E-state index in [0.29, 0.717) is 17.5 Å². The number of aromatic nitrogens is 3. The highest BCUT2D eigenvalue weighted by Crippen LogP contribution is 2.25. The second kappa shape index (κ2) is 4.53. The average molecular weight is 233 g/mol. The van der Waals surface area contributed by atoms with Gasteiger partial charge in [0.25, 0.3) is 0 Å². The number of hydrogen-bond acceptors (Lipinski definition) is 5. The molecule has 0 spiro atoms. The van der Waals surface area contributed by atoms with E-state index in [4.69, 9.17) is 9.15 Å². The molecular weight excluding hydrogens is 218 g/mol. The molecule has 90 valence electrons. The Balaban J connectivity index is 2.38. The minimum atomic E-state index is 0.219. The van der Waals surface area contributed by atoms with Crippen LogP contribution in [0.3, 0.4) is 0 Å². The number of methoxy groups -OCH3 is 1. The normalized spacial score (nSPS) is 10.9. The topological polar surface area (TPSA) is 61.0 Å². The van der Waals surface area contributed by atoms with Crippen molar-refractivity contribution in [1.82, 2.24) is 15.2 Å². The fraction of sp³-hybridized carbons (Fsp3) is 0.417. The highest BCUT2D eigenvalue weighted by molar-refractivity contribution is 5.54. The zero-order valence-corrected chi connectivity index (χ0v) is 10.4. The Labute approximate surface area is 99.8 Å². The van der Waals surface area contributed by atoms with Crippen molar-refractivity contribution < 1.29 is 9.15 Å². The number of hydrogen-bond donors (Lipinski definition) is 0. The van der Waals surface area contributed by atoms with Gasteiger partial charge in [-0.25, -0.2) is 0 Å². The lowest BCUT2D eigenvalue weighted by Crippen LogP contribution is -1.91. The first-order valence-corrected chi connectivity index (χ1v) is 5.46. The molecule has 0 amide bonds. The molecule has 5 nitrogen and oxygen atoms in total. The molecule has 5 heteroatoms. The molecule has 0 atom stereocenters. The van der Waals surface area contributed by atoms with Crippen LogP contribution in [0.4, 0.5) is 0 Å². The summed E-state index contributed by atoms with van der Waals surface area (Å²) in [5.41, 5.74) is 1.60. The van der Waals surface area contributed by atoms with Crippen molar-refractivity contribution in [3.05, 3.63) is 23.8 Å². The van der Waals surface area contributed by atoms with Gasteiger partial charge in [0.05, 0.1) is 18.4 Å².